The van der Waals surface area contributed by atoms with Crippen LogP contribution in [0.5, 0.6) is 0 Å². The third-order valence-electron chi connectivity index (χ3n) is 3.94. The monoisotopic (exact) mass is 270 g/mol. The van der Waals surface area contributed by atoms with E-state index < -0.39 is 0 Å². The highest BCUT2D eigenvalue weighted by Crippen LogP contribution is 2.38. The Hall–Kier alpha value is -0.440. The van der Waals surface area contributed by atoms with E-state index in [-0.39, 0.29) is 0 Å². The molecule has 92 valence electrons. The van der Waals surface area contributed by atoms with Gasteiger partial charge in [-0.05, 0) is 31.0 Å². The van der Waals surface area contributed by atoms with Crippen LogP contribution in [-0.4, -0.2) is 38.1 Å². The third-order valence-corrected chi connectivity index (χ3v) is 4.75. The molecule has 2 aliphatic heterocycles. The summed E-state index contributed by atoms with van der Waals surface area (Å²) in [4.78, 5) is 4.81. The minimum atomic E-state index is 0.651. The fourth-order valence-corrected chi connectivity index (χ4v) is 3.58. The van der Waals surface area contributed by atoms with Crippen LogP contribution in [-0.2, 0) is 0 Å². The maximum absolute atomic E-state index is 6.27. The van der Waals surface area contributed by atoms with E-state index in [9.17, 15) is 0 Å². The van der Waals surface area contributed by atoms with Gasteiger partial charge in [0.1, 0.15) is 0 Å². The number of nitrogens with zero attached hydrogens (tertiary/aromatic N) is 2. The Bertz CT molecular complexity index is 421. The van der Waals surface area contributed by atoms with Gasteiger partial charge in [-0.3, -0.25) is 0 Å². The molecule has 2 nitrogen and oxygen atoms in total. The minimum Gasteiger partial charge on any atom is -0.370 e. The number of anilines is 1. The average Bonchev–Trinajstić information content (AvgIpc) is 2.79. The van der Waals surface area contributed by atoms with Crippen LogP contribution < -0.4 is 4.90 Å². The molecule has 0 amide bonds. The summed E-state index contributed by atoms with van der Waals surface area (Å²) in [7, 11) is 2.20. The summed E-state index contributed by atoms with van der Waals surface area (Å²) < 4.78 is 0. The first-order valence-corrected chi connectivity index (χ1v) is 6.78. The van der Waals surface area contributed by atoms with Crippen LogP contribution in [0.4, 0.5) is 5.69 Å². The van der Waals surface area contributed by atoms with Gasteiger partial charge >= 0.3 is 0 Å². The molecular weight excluding hydrogens is 255 g/mol. The van der Waals surface area contributed by atoms with Crippen LogP contribution in [0.2, 0.25) is 10.0 Å². The molecule has 2 saturated heterocycles. The molecule has 1 aromatic rings. The molecule has 2 aliphatic rings. The molecule has 17 heavy (non-hydrogen) atoms. The largest absolute Gasteiger partial charge is 0.370 e. The number of halogens is 2. The molecule has 2 unspecified atom stereocenters. The van der Waals surface area contributed by atoms with Crippen molar-refractivity contribution >= 4 is 28.9 Å². The lowest BCUT2D eigenvalue weighted by Gasteiger charge is -2.22. The quantitative estimate of drug-likeness (QED) is 0.774. The molecule has 1 aromatic carbocycles. The van der Waals surface area contributed by atoms with E-state index >= 15 is 0 Å². The van der Waals surface area contributed by atoms with Crippen LogP contribution in [0.15, 0.2) is 18.2 Å². The highest BCUT2D eigenvalue weighted by Gasteiger charge is 2.39. The SMILES string of the molecule is CN1CC2CN(c3cccc(Cl)c3Cl)CC2C1. The first kappa shape index (κ1) is 11.6. The molecule has 3 rings (SSSR count). The molecule has 0 spiro atoms. The third kappa shape index (κ3) is 2.03. The number of benzene rings is 1. The first-order chi connectivity index (χ1) is 8.15. The molecule has 2 heterocycles. The number of rotatable bonds is 1. The van der Waals surface area contributed by atoms with Crippen LogP contribution in [0, 0.1) is 11.8 Å². The lowest BCUT2D eigenvalue weighted by molar-refractivity contribution is 0.387. The standard InChI is InChI=1S/C13H16Cl2N2/c1-16-5-9-7-17(8-10(9)6-16)12-4-2-3-11(14)13(12)15/h2-4,9-10H,5-8H2,1H3. The van der Waals surface area contributed by atoms with Crippen molar-refractivity contribution in [2.75, 3.05) is 38.1 Å². The first-order valence-electron chi connectivity index (χ1n) is 6.02. The van der Waals surface area contributed by atoms with Gasteiger partial charge in [-0.1, -0.05) is 29.3 Å². The molecule has 4 heteroatoms. The molecule has 0 bridgehead atoms. The maximum Gasteiger partial charge on any atom is 0.0825 e. The lowest BCUT2D eigenvalue weighted by Crippen LogP contribution is -2.26. The highest BCUT2D eigenvalue weighted by molar-refractivity contribution is 6.43. The van der Waals surface area contributed by atoms with Gasteiger partial charge in [0, 0.05) is 26.2 Å². The van der Waals surface area contributed by atoms with Crippen molar-refractivity contribution in [3.05, 3.63) is 28.2 Å². The van der Waals surface area contributed by atoms with Crippen LogP contribution in [0.1, 0.15) is 0 Å². The van der Waals surface area contributed by atoms with Gasteiger partial charge in [0.25, 0.3) is 0 Å². The van der Waals surface area contributed by atoms with E-state index in [4.69, 9.17) is 23.2 Å². The molecule has 0 radical (unpaired) electrons. The zero-order valence-electron chi connectivity index (χ0n) is 9.87. The molecule has 0 N–H and O–H groups in total. The molecule has 0 aromatic heterocycles. The van der Waals surface area contributed by atoms with Gasteiger partial charge in [-0.15, -0.1) is 0 Å². The van der Waals surface area contributed by atoms with Crippen LogP contribution in [0.25, 0.3) is 0 Å². The Morgan fingerprint density at radius 1 is 1.06 bits per heavy atom. The number of hydrogen-bond donors (Lipinski definition) is 0. The summed E-state index contributed by atoms with van der Waals surface area (Å²) in [6, 6.07) is 5.89. The van der Waals surface area contributed by atoms with Crippen molar-refractivity contribution in [3.8, 4) is 0 Å². The fraction of sp³-hybridized carbons (Fsp3) is 0.538. The number of hydrogen-bond acceptors (Lipinski definition) is 2. The second kappa shape index (κ2) is 4.34. The van der Waals surface area contributed by atoms with E-state index in [1.807, 2.05) is 12.1 Å². The van der Waals surface area contributed by atoms with E-state index in [1.165, 1.54) is 13.1 Å². The predicted molar refractivity (Wildman–Crippen MR) is 73.2 cm³/mol. The van der Waals surface area contributed by atoms with Crippen molar-refractivity contribution in [2.24, 2.45) is 11.8 Å². The fourth-order valence-electron chi connectivity index (χ4n) is 3.16. The summed E-state index contributed by atoms with van der Waals surface area (Å²) in [6.45, 7) is 4.63. The summed E-state index contributed by atoms with van der Waals surface area (Å²) in [5.74, 6) is 1.57. The van der Waals surface area contributed by atoms with E-state index in [0.29, 0.717) is 10.0 Å². The van der Waals surface area contributed by atoms with Crippen molar-refractivity contribution in [3.63, 3.8) is 0 Å². The van der Waals surface area contributed by atoms with Crippen LogP contribution in [0.3, 0.4) is 0 Å². The van der Waals surface area contributed by atoms with Gasteiger partial charge in [0.05, 0.1) is 15.7 Å². The van der Waals surface area contributed by atoms with Crippen molar-refractivity contribution in [2.45, 2.75) is 0 Å². The second-order valence-electron chi connectivity index (χ2n) is 5.22. The van der Waals surface area contributed by atoms with Crippen LogP contribution >= 0.6 is 23.2 Å². The Morgan fingerprint density at radius 3 is 2.35 bits per heavy atom. The Labute approximate surface area is 112 Å². The molecular formula is C13H16Cl2N2. The second-order valence-corrected chi connectivity index (χ2v) is 6.00. The Morgan fingerprint density at radius 2 is 1.71 bits per heavy atom. The Kier molecular flexibility index (Phi) is 2.97. The molecule has 0 saturated carbocycles. The summed E-state index contributed by atoms with van der Waals surface area (Å²) in [5, 5.41) is 1.35. The van der Waals surface area contributed by atoms with E-state index in [1.54, 1.807) is 0 Å². The Balaban J connectivity index is 1.82. The maximum atomic E-state index is 6.27. The molecule has 0 aliphatic carbocycles. The minimum absolute atomic E-state index is 0.651. The number of likely N-dealkylation sites (tertiary alicyclic amines) is 1. The van der Waals surface area contributed by atoms with Gasteiger partial charge < -0.3 is 9.80 Å². The average molecular weight is 271 g/mol. The zero-order chi connectivity index (χ0) is 12.0. The summed E-state index contributed by atoms with van der Waals surface area (Å²) >= 11 is 12.3. The topological polar surface area (TPSA) is 6.48 Å². The van der Waals surface area contributed by atoms with E-state index in [0.717, 1.165) is 30.6 Å². The van der Waals surface area contributed by atoms with Crippen molar-refractivity contribution in [1.82, 2.24) is 4.90 Å². The highest BCUT2D eigenvalue weighted by atomic mass is 35.5. The van der Waals surface area contributed by atoms with E-state index in [2.05, 4.69) is 22.9 Å². The number of fused-ring (bicyclic) bond motifs is 1. The summed E-state index contributed by atoms with van der Waals surface area (Å²) in [5.41, 5.74) is 1.09. The predicted octanol–water partition coefficient (Wildman–Crippen LogP) is 2.99. The van der Waals surface area contributed by atoms with Crippen molar-refractivity contribution in [1.29, 1.82) is 0 Å². The zero-order valence-corrected chi connectivity index (χ0v) is 11.4. The smallest absolute Gasteiger partial charge is 0.0825 e. The van der Waals surface area contributed by atoms with Gasteiger partial charge in [0.15, 0.2) is 0 Å². The molecule has 2 fully saturated rings. The normalized spacial score (nSPS) is 28.8. The van der Waals surface area contributed by atoms with Gasteiger partial charge in [-0.2, -0.15) is 0 Å². The summed E-state index contributed by atoms with van der Waals surface area (Å²) in [6.07, 6.45) is 0. The lowest BCUT2D eigenvalue weighted by atomic mass is 10.0. The van der Waals surface area contributed by atoms with Crippen molar-refractivity contribution < 1.29 is 0 Å². The van der Waals surface area contributed by atoms with Gasteiger partial charge in [0.2, 0.25) is 0 Å². The van der Waals surface area contributed by atoms with Gasteiger partial charge in [-0.25, -0.2) is 0 Å². The molecule has 2 atom stereocenters.